The van der Waals surface area contributed by atoms with Gasteiger partial charge in [0.15, 0.2) is 0 Å². The zero-order valence-electron chi connectivity index (χ0n) is 9.93. The van der Waals surface area contributed by atoms with Gasteiger partial charge in [-0.2, -0.15) is 0 Å². The third kappa shape index (κ3) is 3.04. The Hall–Kier alpha value is -1.88. The molecular formula is C12H15N3O2. The Labute approximate surface area is 99.8 Å². The summed E-state index contributed by atoms with van der Waals surface area (Å²) in [4.78, 5) is 0. The first-order chi connectivity index (χ1) is 8.29. The monoisotopic (exact) mass is 233 g/mol. The standard InChI is InChI=1S/C12H15N3O2/c1-9-14-15-12(17-9)8-13-7-10-5-3-4-6-11(10)16-2/h3-6,13H,7-8H2,1-2H3. The number of hydrogen-bond donors (Lipinski definition) is 1. The number of nitrogens with one attached hydrogen (secondary N) is 1. The Morgan fingerprint density at radius 3 is 2.76 bits per heavy atom. The van der Waals surface area contributed by atoms with Gasteiger partial charge in [0.1, 0.15) is 5.75 Å². The summed E-state index contributed by atoms with van der Waals surface area (Å²) < 4.78 is 10.5. The fourth-order valence-electron chi connectivity index (χ4n) is 1.56. The second-order valence-electron chi connectivity index (χ2n) is 3.63. The van der Waals surface area contributed by atoms with Crippen LogP contribution in [0.3, 0.4) is 0 Å². The number of para-hydroxylation sites is 1. The SMILES string of the molecule is COc1ccccc1CNCc1nnc(C)o1. The van der Waals surface area contributed by atoms with Gasteiger partial charge < -0.3 is 14.5 Å². The maximum atomic E-state index is 5.26. The van der Waals surface area contributed by atoms with Crippen molar-refractivity contribution >= 4 is 0 Å². The first-order valence-corrected chi connectivity index (χ1v) is 5.41. The molecule has 0 atom stereocenters. The highest BCUT2D eigenvalue weighted by Crippen LogP contribution is 2.16. The Kier molecular flexibility index (Phi) is 3.72. The van der Waals surface area contributed by atoms with Gasteiger partial charge in [0.25, 0.3) is 0 Å². The first kappa shape index (κ1) is 11.6. The van der Waals surface area contributed by atoms with E-state index in [1.165, 1.54) is 0 Å². The zero-order valence-corrected chi connectivity index (χ0v) is 9.93. The maximum absolute atomic E-state index is 5.26. The summed E-state index contributed by atoms with van der Waals surface area (Å²) in [5, 5.41) is 10.9. The van der Waals surface area contributed by atoms with Crippen LogP contribution in [-0.4, -0.2) is 17.3 Å². The van der Waals surface area contributed by atoms with Gasteiger partial charge in [-0.1, -0.05) is 18.2 Å². The molecule has 0 aliphatic carbocycles. The van der Waals surface area contributed by atoms with Crippen LogP contribution in [0, 0.1) is 6.92 Å². The first-order valence-electron chi connectivity index (χ1n) is 5.41. The second-order valence-corrected chi connectivity index (χ2v) is 3.63. The number of rotatable bonds is 5. The zero-order chi connectivity index (χ0) is 12.1. The smallest absolute Gasteiger partial charge is 0.230 e. The van der Waals surface area contributed by atoms with Crippen molar-refractivity contribution in [1.29, 1.82) is 0 Å². The average molecular weight is 233 g/mol. The van der Waals surface area contributed by atoms with Crippen LogP contribution in [0.5, 0.6) is 5.75 Å². The lowest BCUT2D eigenvalue weighted by Gasteiger charge is -2.07. The van der Waals surface area contributed by atoms with Crippen molar-refractivity contribution in [1.82, 2.24) is 15.5 Å². The number of benzene rings is 1. The molecule has 2 rings (SSSR count). The van der Waals surface area contributed by atoms with Gasteiger partial charge in [-0.05, 0) is 6.07 Å². The molecule has 0 unspecified atom stereocenters. The van der Waals surface area contributed by atoms with E-state index in [-0.39, 0.29) is 0 Å². The second kappa shape index (κ2) is 5.45. The molecule has 1 N–H and O–H groups in total. The number of hydrogen-bond acceptors (Lipinski definition) is 5. The van der Waals surface area contributed by atoms with Crippen LogP contribution in [0.2, 0.25) is 0 Å². The predicted molar refractivity (Wildman–Crippen MR) is 62.6 cm³/mol. The molecule has 0 radical (unpaired) electrons. The van der Waals surface area contributed by atoms with E-state index in [4.69, 9.17) is 9.15 Å². The number of aryl methyl sites for hydroxylation is 1. The summed E-state index contributed by atoms with van der Waals surface area (Å²) in [6.45, 7) is 3.03. The molecule has 0 spiro atoms. The number of nitrogens with zero attached hydrogens (tertiary/aromatic N) is 2. The van der Waals surface area contributed by atoms with E-state index in [2.05, 4.69) is 15.5 Å². The van der Waals surface area contributed by atoms with Gasteiger partial charge in [0.2, 0.25) is 11.8 Å². The number of methoxy groups -OCH3 is 1. The maximum Gasteiger partial charge on any atom is 0.230 e. The van der Waals surface area contributed by atoms with Crippen molar-refractivity contribution < 1.29 is 9.15 Å². The largest absolute Gasteiger partial charge is 0.496 e. The highest BCUT2D eigenvalue weighted by Gasteiger charge is 2.03. The molecule has 0 saturated heterocycles. The van der Waals surface area contributed by atoms with Gasteiger partial charge in [-0.25, -0.2) is 0 Å². The predicted octanol–water partition coefficient (Wildman–Crippen LogP) is 1.68. The summed E-state index contributed by atoms with van der Waals surface area (Å²) in [6, 6.07) is 7.89. The van der Waals surface area contributed by atoms with Crippen molar-refractivity contribution in [3.63, 3.8) is 0 Å². The van der Waals surface area contributed by atoms with E-state index >= 15 is 0 Å². The quantitative estimate of drug-likeness (QED) is 0.851. The van der Waals surface area contributed by atoms with Gasteiger partial charge in [-0.3, -0.25) is 0 Å². The van der Waals surface area contributed by atoms with Crippen molar-refractivity contribution in [3.05, 3.63) is 41.6 Å². The molecule has 0 amide bonds. The summed E-state index contributed by atoms with van der Waals surface area (Å²) in [6.07, 6.45) is 0. The summed E-state index contributed by atoms with van der Waals surface area (Å²) in [7, 11) is 1.67. The minimum atomic E-state index is 0.554. The van der Waals surface area contributed by atoms with Gasteiger partial charge in [0, 0.05) is 19.0 Å². The summed E-state index contributed by atoms with van der Waals surface area (Å²) >= 11 is 0. The van der Waals surface area contributed by atoms with Gasteiger partial charge in [-0.15, -0.1) is 10.2 Å². The van der Waals surface area contributed by atoms with Crippen LogP contribution in [0.15, 0.2) is 28.7 Å². The van der Waals surface area contributed by atoms with Gasteiger partial charge in [0.05, 0.1) is 13.7 Å². The topological polar surface area (TPSA) is 60.2 Å². The van der Waals surface area contributed by atoms with Crippen molar-refractivity contribution in [2.45, 2.75) is 20.0 Å². The van der Waals surface area contributed by atoms with E-state index in [9.17, 15) is 0 Å². The van der Waals surface area contributed by atoms with Crippen molar-refractivity contribution in [2.24, 2.45) is 0 Å². The molecule has 1 aromatic heterocycles. The summed E-state index contributed by atoms with van der Waals surface area (Å²) in [5.74, 6) is 2.05. The van der Waals surface area contributed by atoms with E-state index in [0.717, 1.165) is 11.3 Å². The molecule has 0 bridgehead atoms. The summed E-state index contributed by atoms with van der Waals surface area (Å²) in [5.41, 5.74) is 1.10. The minimum Gasteiger partial charge on any atom is -0.496 e. The van der Waals surface area contributed by atoms with E-state index in [0.29, 0.717) is 24.9 Å². The molecular weight excluding hydrogens is 218 g/mol. The molecule has 0 aliphatic heterocycles. The molecule has 5 nitrogen and oxygen atoms in total. The van der Waals surface area contributed by atoms with E-state index < -0.39 is 0 Å². The minimum absolute atomic E-state index is 0.554. The third-order valence-corrected chi connectivity index (χ3v) is 2.35. The molecule has 1 aromatic carbocycles. The normalized spacial score (nSPS) is 10.5. The number of aromatic nitrogens is 2. The van der Waals surface area contributed by atoms with E-state index in [1.54, 1.807) is 14.0 Å². The fourth-order valence-corrected chi connectivity index (χ4v) is 1.56. The lowest BCUT2D eigenvalue weighted by molar-refractivity contribution is 0.405. The lowest BCUT2D eigenvalue weighted by Crippen LogP contribution is -2.13. The van der Waals surface area contributed by atoms with Crippen LogP contribution < -0.4 is 10.1 Å². The third-order valence-electron chi connectivity index (χ3n) is 2.35. The molecule has 17 heavy (non-hydrogen) atoms. The molecule has 5 heteroatoms. The Balaban J connectivity index is 1.89. The number of ether oxygens (including phenoxy) is 1. The van der Waals surface area contributed by atoms with Crippen LogP contribution in [0.4, 0.5) is 0 Å². The van der Waals surface area contributed by atoms with Crippen molar-refractivity contribution in [3.8, 4) is 5.75 Å². The van der Waals surface area contributed by atoms with Gasteiger partial charge >= 0.3 is 0 Å². The van der Waals surface area contributed by atoms with Crippen LogP contribution in [0.25, 0.3) is 0 Å². The Morgan fingerprint density at radius 2 is 2.06 bits per heavy atom. The molecule has 0 saturated carbocycles. The molecule has 90 valence electrons. The van der Waals surface area contributed by atoms with E-state index in [1.807, 2.05) is 24.3 Å². The fraction of sp³-hybridized carbons (Fsp3) is 0.333. The van der Waals surface area contributed by atoms with Crippen LogP contribution in [0.1, 0.15) is 17.3 Å². The highest BCUT2D eigenvalue weighted by molar-refractivity contribution is 5.32. The Morgan fingerprint density at radius 1 is 1.24 bits per heavy atom. The molecule has 0 aliphatic rings. The average Bonchev–Trinajstić information content (AvgIpc) is 2.76. The Bertz CT molecular complexity index is 482. The lowest BCUT2D eigenvalue weighted by atomic mass is 10.2. The van der Waals surface area contributed by atoms with Crippen LogP contribution in [-0.2, 0) is 13.1 Å². The highest BCUT2D eigenvalue weighted by atomic mass is 16.5. The van der Waals surface area contributed by atoms with Crippen LogP contribution >= 0.6 is 0 Å². The molecule has 0 fully saturated rings. The molecule has 2 aromatic rings. The molecule has 1 heterocycles. The van der Waals surface area contributed by atoms with Crippen molar-refractivity contribution in [2.75, 3.05) is 7.11 Å².